The van der Waals surface area contributed by atoms with Crippen molar-refractivity contribution < 1.29 is 19.5 Å². The zero-order chi connectivity index (χ0) is 13.0. The minimum Gasteiger partial charge on any atom is -0.484 e. The highest BCUT2D eigenvalue weighted by atomic mass is 16.7. The van der Waals surface area contributed by atoms with Crippen molar-refractivity contribution in [2.24, 2.45) is 0 Å². The van der Waals surface area contributed by atoms with Gasteiger partial charge in [-0.15, -0.1) is 0 Å². The van der Waals surface area contributed by atoms with Crippen LogP contribution >= 0.6 is 0 Å². The second-order valence-corrected chi connectivity index (χ2v) is 3.83. The molecule has 6 nitrogen and oxygen atoms in total. The zero-order valence-corrected chi connectivity index (χ0v) is 9.57. The number of ether oxygens (including phenoxy) is 1. The van der Waals surface area contributed by atoms with Crippen LogP contribution in [0.25, 0.3) is 0 Å². The van der Waals surface area contributed by atoms with Crippen LogP contribution in [0.4, 0.5) is 0 Å². The Balaban J connectivity index is 1.84. The van der Waals surface area contributed by atoms with E-state index in [1.165, 1.54) is 0 Å². The molecule has 1 aliphatic heterocycles. The third-order valence-corrected chi connectivity index (χ3v) is 2.42. The number of aliphatic hydroxyl groups excluding tert-OH is 1. The summed E-state index contributed by atoms with van der Waals surface area (Å²) in [6, 6.07) is 8.44. The van der Waals surface area contributed by atoms with E-state index in [1.54, 1.807) is 24.3 Å². The summed E-state index contributed by atoms with van der Waals surface area (Å²) < 4.78 is 5.25. The molecule has 1 fully saturated rings. The molecule has 1 aromatic rings. The third kappa shape index (κ3) is 2.97. The van der Waals surface area contributed by atoms with Gasteiger partial charge in [-0.05, 0) is 24.3 Å². The van der Waals surface area contributed by atoms with Gasteiger partial charge in [0.1, 0.15) is 18.5 Å². The Morgan fingerprint density at radius 3 is 2.83 bits per heavy atom. The second kappa shape index (κ2) is 5.49. The SMILES string of the molecule is N#Cc1ccc(OCC(=O)N2CC(O)CO2)cc1. The second-order valence-electron chi connectivity index (χ2n) is 3.83. The van der Waals surface area contributed by atoms with Crippen molar-refractivity contribution in [3.05, 3.63) is 29.8 Å². The summed E-state index contributed by atoms with van der Waals surface area (Å²) in [4.78, 5) is 16.6. The summed E-state index contributed by atoms with van der Waals surface area (Å²) in [6.07, 6.45) is -0.635. The molecule has 0 aliphatic carbocycles. The van der Waals surface area contributed by atoms with Gasteiger partial charge in [0.25, 0.3) is 5.91 Å². The molecule has 1 atom stereocenters. The van der Waals surface area contributed by atoms with Gasteiger partial charge in [-0.25, -0.2) is 5.06 Å². The molecule has 1 unspecified atom stereocenters. The third-order valence-electron chi connectivity index (χ3n) is 2.42. The smallest absolute Gasteiger partial charge is 0.284 e. The first-order chi connectivity index (χ1) is 8.69. The van der Waals surface area contributed by atoms with E-state index in [1.807, 2.05) is 6.07 Å². The van der Waals surface area contributed by atoms with Crippen molar-refractivity contribution in [2.45, 2.75) is 6.10 Å². The fourth-order valence-corrected chi connectivity index (χ4v) is 1.49. The standard InChI is InChI=1S/C12H12N2O4/c13-5-9-1-3-11(4-2-9)17-8-12(16)14-6-10(15)7-18-14/h1-4,10,15H,6-8H2. The summed E-state index contributed by atoms with van der Waals surface area (Å²) in [5.41, 5.74) is 0.527. The van der Waals surface area contributed by atoms with Crippen molar-refractivity contribution >= 4 is 5.91 Å². The summed E-state index contributed by atoms with van der Waals surface area (Å²) >= 11 is 0. The van der Waals surface area contributed by atoms with Gasteiger partial charge in [-0.3, -0.25) is 9.63 Å². The lowest BCUT2D eigenvalue weighted by molar-refractivity contribution is -0.170. The van der Waals surface area contributed by atoms with E-state index in [9.17, 15) is 9.90 Å². The minimum absolute atomic E-state index is 0.128. The number of hydrogen-bond donors (Lipinski definition) is 1. The number of aliphatic hydroxyl groups is 1. The number of rotatable bonds is 3. The molecule has 1 heterocycles. The monoisotopic (exact) mass is 248 g/mol. The summed E-state index contributed by atoms with van der Waals surface area (Å²) in [5.74, 6) is 0.151. The maximum atomic E-state index is 11.6. The van der Waals surface area contributed by atoms with E-state index in [0.29, 0.717) is 11.3 Å². The number of benzene rings is 1. The molecule has 1 amide bonds. The largest absolute Gasteiger partial charge is 0.484 e. The predicted octanol–water partition coefficient (Wildman–Crippen LogP) is 0.0718. The van der Waals surface area contributed by atoms with Crippen molar-refractivity contribution in [3.63, 3.8) is 0 Å². The van der Waals surface area contributed by atoms with E-state index < -0.39 is 6.10 Å². The number of carbonyl (C=O) groups is 1. The van der Waals surface area contributed by atoms with Crippen LogP contribution in [0.15, 0.2) is 24.3 Å². The number of carbonyl (C=O) groups excluding carboxylic acids is 1. The predicted molar refractivity (Wildman–Crippen MR) is 60.3 cm³/mol. The fourth-order valence-electron chi connectivity index (χ4n) is 1.49. The fraction of sp³-hybridized carbons (Fsp3) is 0.333. The van der Waals surface area contributed by atoms with Crippen LogP contribution in [0.5, 0.6) is 5.75 Å². The van der Waals surface area contributed by atoms with Crippen LogP contribution in [-0.4, -0.2) is 41.9 Å². The Morgan fingerprint density at radius 1 is 1.56 bits per heavy atom. The lowest BCUT2D eigenvalue weighted by Crippen LogP contribution is -2.32. The average Bonchev–Trinajstić information content (AvgIpc) is 2.83. The van der Waals surface area contributed by atoms with Gasteiger partial charge in [0.2, 0.25) is 0 Å². The topological polar surface area (TPSA) is 82.8 Å². The van der Waals surface area contributed by atoms with Crippen molar-refractivity contribution in [1.82, 2.24) is 5.06 Å². The molecule has 0 radical (unpaired) electrons. The molecule has 1 N–H and O–H groups in total. The van der Waals surface area contributed by atoms with E-state index in [0.717, 1.165) is 5.06 Å². The van der Waals surface area contributed by atoms with Gasteiger partial charge in [-0.2, -0.15) is 5.26 Å². The molecular weight excluding hydrogens is 236 g/mol. The van der Waals surface area contributed by atoms with Crippen molar-refractivity contribution in [1.29, 1.82) is 5.26 Å². The van der Waals surface area contributed by atoms with Crippen LogP contribution in [0.3, 0.4) is 0 Å². The first kappa shape index (κ1) is 12.4. The maximum absolute atomic E-state index is 11.6. The summed E-state index contributed by atoms with van der Waals surface area (Å²) in [7, 11) is 0. The van der Waals surface area contributed by atoms with Crippen molar-refractivity contribution in [2.75, 3.05) is 19.8 Å². The van der Waals surface area contributed by atoms with Crippen LogP contribution in [0, 0.1) is 11.3 Å². The van der Waals surface area contributed by atoms with E-state index >= 15 is 0 Å². The van der Waals surface area contributed by atoms with E-state index in [2.05, 4.69) is 0 Å². The number of β-amino-alcohol motifs (C(OH)–C–C–N with tert-alkyl or cyclic N) is 1. The average molecular weight is 248 g/mol. The molecule has 6 heteroatoms. The Kier molecular flexibility index (Phi) is 3.77. The van der Waals surface area contributed by atoms with Crippen molar-refractivity contribution in [3.8, 4) is 11.8 Å². The number of nitriles is 1. The molecule has 2 rings (SSSR count). The molecule has 94 valence electrons. The molecular formula is C12H12N2O4. The first-order valence-corrected chi connectivity index (χ1v) is 5.43. The quantitative estimate of drug-likeness (QED) is 0.818. The Bertz CT molecular complexity index is 466. The minimum atomic E-state index is -0.635. The van der Waals surface area contributed by atoms with Crippen LogP contribution < -0.4 is 4.74 Å². The lowest BCUT2D eigenvalue weighted by atomic mass is 10.2. The lowest BCUT2D eigenvalue weighted by Gasteiger charge is -2.14. The molecule has 0 aromatic heterocycles. The molecule has 0 saturated carbocycles. The van der Waals surface area contributed by atoms with Crippen LogP contribution in [0.2, 0.25) is 0 Å². The normalized spacial score (nSPS) is 18.4. The molecule has 1 aliphatic rings. The number of nitrogens with zero attached hydrogens (tertiary/aromatic N) is 2. The highest BCUT2D eigenvalue weighted by molar-refractivity contribution is 5.76. The Labute approximate surface area is 104 Å². The number of hydroxylamine groups is 2. The Hall–Kier alpha value is -2.10. The van der Waals surface area contributed by atoms with E-state index in [4.69, 9.17) is 14.8 Å². The molecule has 1 aromatic carbocycles. The molecule has 0 bridgehead atoms. The van der Waals surface area contributed by atoms with Crippen LogP contribution in [-0.2, 0) is 9.63 Å². The van der Waals surface area contributed by atoms with E-state index in [-0.39, 0.29) is 25.7 Å². The maximum Gasteiger partial charge on any atom is 0.284 e. The molecule has 18 heavy (non-hydrogen) atoms. The molecule has 0 spiro atoms. The number of amides is 1. The summed E-state index contributed by atoms with van der Waals surface area (Å²) in [5, 5.41) is 18.9. The molecule has 1 saturated heterocycles. The van der Waals surface area contributed by atoms with Gasteiger partial charge in [0, 0.05) is 0 Å². The number of hydrogen-bond acceptors (Lipinski definition) is 5. The Morgan fingerprint density at radius 2 is 2.28 bits per heavy atom. The van der Waals surface area contributed by atoms with Gasteiger partial charge in [0.15, 0.2) is 6.61 Å². The summed E-state index contributed by atoms with van der Waals surface area (Å²) in [6.45, 7) is 0.122. The zero-order valence-electron chi connectivity index (χ0n) is 9.57. The van der Waals surface area contributed by atoms with Gasteiger partial charge < -0.3 is 9.84 Å². The highest BCUT2D eigenvalue weighted by Crippen LogP contribution is 2.12. The van der Waals surface area contributed by atoms with Gasteiger partial charge in [-0.1, -0.05) is 0 Å². The highest BCUT2D eigenvalue weighted by Gasteiger charge is 2.26. The van der Waals surface area contributed by atoms with Gasteiger partial charge in [0.05, 0.1) is 18.2 Å². The first-order valence-electron chi connectivity index (χ1n) is 5.43. The van der Waals surface area contributed by atoms with Crippen LogP contribution in [0.1, 0.15) is 5.56 Å². The van der Waals surface area contributed by atoms with Gasteiger partial charge >= 0.3 is 0 Å².